The Hall–Kier alpha value is -2.34. The number of hydrogen-bond acceptors (Lipinski definition) is 3. The van der Waals surface area contributed by atoms with Gasteiger partial charge in [0.15, 0.2) is 0 Å². The van der Waals surface area contributed by atoms with Gasteiger partial charge in [-0.1, -0.05) is 42.5 Å². The van der Waals surface area contributed by atoms with E-state index >= 15 is 0 Å². The molecule has 0 aromatic heterocycles. The van der Waals surface area contributed by atoms with Gasteiger partial charge in [0, 0.05) is 26.6 Å². The van der Waals surface area contributed by atoms with Gasteiger partial charge in [-0.15, -0.1) is 0 Å². The summed E-state index contributed by atoms with van der Waals surface area (Å²) in [4.78, 5) is 14.1. The molecule has 0 N–H and O–H groups in total. The smallest absolute Gasteiger partial charge is 0.232 e. The van der Waals surface area contributed by atoms with E-state index in [0.29, 0.717) is 25.1 Å². The summed E-state index contributed by atoms with van der Waals surface area (Å²) in [6.07, 6.45) is 1.98. The molecule has 0 saturated heterocycles. The zero-order valence-electron chi connectivity index (χ0n) is 16.5. The van der Waals surface area contributed by atoms with Crippen LogP contribution >= 0.6 is 0 Å². The van der Waals surface area contributed by atoms with Crippen LogP contribution in [-0.2, 0) is 21.4 Å². The summed E-state index contributed by atoms with van der Waals surface area (Å²) >= 11 is 0. The van der Waals surface area contributed by atoms with Crippen LogP contribution in [0.25, 0.3) is 0 Å². The van der Waals surface area contributed by atoms with E-state index in [1.54, 1.807) is 11.9 Å². The zero-order valence-corrected chi connectivity index (χ0v) is 17.3. The third kappa shape index (κ3) is 6.10. The lowest BCUT2D eigenvalue weighted by molar-refractivity contribution is -0.130. The van der Waals surface area contributed by atoms with Gasteiger partial charge in [-0.3, -0.25) is 9.10 Å². The molecular weight excluding hydrogens is 360 g/mol. The van der Waals surface area contributed by atoms with Crippen LogP contribution in [0.2, 0.25) is 0 Å². The second-order valence-corrected chi connectivity index (χ2v) is 8.87. The normalized spacial score (nSPS) is 11.3. The largest absolute Gasteiger partial charge is 0.341 e. The van der Waals surface area contributed by atoms with Crippen LogP contribution in [0.3, 0.4) is 0 Å². The maximum absolute atomic E-state index is 12.4. The molecular formula is C21H28N2O3S. The van der Waals surface area contributed by atoms with Crippen molar-refractivity contribution in [2.24, 2.45) is 0 Å². The second kappa shape index (κ2) is 9.04. The fraction of sp³-hybridized carbons (Fsp3) is 0.381. The molecule has 0 atom stereocenters. The lowest BCUT2D eigenvalue weighted by atomic mass is 10.1. The van der Waals surface area contributed by atoms with Crippen molar-refractivity contribution in [2.45, 2.75) is 33.2 Å². The highest BCUT2D eigenvalue weighted by Crippen LogP contribution is 2.24. The third-order valence-electron chi connectivity index (χ3n) is 4.47. The van der Waals surface area contributed by atoms with Crippen molar-refractivity contribution in [1.82, 2.24) is 4.90 Å². The third-order valence-corrected chi connectivity index (χ3v) is 5.65. The molecule has 0 radical (unpaired) electrons. The van der Waals surface area contributed by atoms with Gasteiger partial charge in [-0.25, -0.2) is 8.42 Å². The number of benzene rings is 2. The topological polar surface area (TPSA) is 57.7 Å². The number of sulfonamides is 1. The van der Waals surface area contributed by atoms with Gasteiger partial charge in [0.2, 0.25) is 15.9 Å². The molecule has 146 valence electrons. The van der Waals surface area contributed by atoms with E-state index in [-0.39, 0.29) is 12.5 Å². The molecule has 2 aromatic carbocycles. The van der Waals surface area contributed by atoms with E-state index in [4.69, 9.17) is 0 Å². The molecule has 5 nitrogen and oxygen atoms in total. The summed E-state index contributed by atoms with van der Waals surface area (Å²) < 4.78 is 26.0. The summed E-state index contributed by atoms with van der Waals surface area (Å²) in [7, 11) is -1.64. The highest BCUT2D eigenvalue weighted by molar-refractivity contribution is 7.92. The monoisotopic (exact) mass is 388 g/mol. The van der Waals surface area contributed by atoms with E-state index < -0.39 is 10.0 Å². The minimum absolute atomic E-state index is 0.00766. The Kier molecular flexibility index (Phi) is 7.02. The molecule has 0 heterocycles. The summed E-state index contributed by atoms with van der Waals surface area (Å²) in [5, 5.41) is 0. The van der Waals surface area contributed by atoms with Gasteiger partial charge in [0.1, 0.15) is 0 Å². The summed E-state index contributed by atoms with van der Waals surface area (Å²) in [5.74, 6) is 0.00766. The van der Waals surface area contributed by atoms with Crippen LogP contribution in [0.15, 0.2) is 48.5 Å². The summed E-state index contributed by atoms with van der Waals surface area (Å²) in [6, 6.07) is 15.6. The van der Waals surface area contributed by atoms with Crippen LogP contribution in [0.4, 0.5) is 5.69 Å². The first-order chi connectivity index (χ1) is 12.7. The SMILES string of the molecule is Cc1ccc(C)c(N(CCCC(=O)N(C)Cc2ccccc2)S(C)(=O)=O)c1. The molecule has 2 rings (SSSR count). The lowest BCUT2D eigenvalue weighted by Crippen LogP contribution is -2.33. The molecule has 0 bridgehead atoms. The average molecular weight is 389 g/mol. The van der Waals surface area contributed by atoms with E-state index in [2.05, 4.69) is 0 Å². The Balaban J connectivity index is 1.99. The van der Waals surface area contributed by atoms with Crippen LogP contribution < -0.4 is 4.31 Å². The van der Waals surface area contributed by atoms with Gasteiger partial charge in [0.05, 0.1) is 11.9 Å². The van der Waals surface area contributed by atoms with Gasteiger partial charge >= 0.3 is 0 Å². The molecule has 27 heavy (non-hydrogen) atoms. The van der Waals surface area contributed by atoms with Crippen molar-refractivity contribution in [3.63, 3.8) is 0 Å². The van der Waals surface area contributed by atoms with Crippen molar-refractivity contribution in [3.8, 4) is 0 Å². The molecule has 0 aliphatic carbocycles. The first kappa shape index (κ1) is 21.0. The van der Waals surface area contributed by atoms with Crippen LogP contribution in [0, 0.1) is 13.8 Å². The maximum Gasteiger partial charge on any atom is 0.232 e. The number of anilines is 1. The van der Waals surface area contributed by atoms with Crippen molar-refractivity contribution < 1.29 is 13.2 Å². The summed E-state index contributed by atoms with van der Waals surface area (Å²) in [5.41, 5.74) is 3.66. The number of aryl methyl sites for hydroxylation is 2. The van der Waals surface area contributed by atoms with Crippen molar-refractivity contribution in [2.75, 3.05) is 24.2 Å². The summed E-state index contributed by atoms with van der Waals surface area (Å²) in [6.45, 7) is 4.66. The first-order valence-corrected chi connectivity index (χ1v) is 10.9. The number of amides is 1. The number of nitrogens with zero attached hydrogens (tertiary/aromatic N) is 2. The quantitative estimate of drug-likeness (QED) is 0.695. The van der Waals surface area contributed by atoms with E-state index in [1.807, 2.05) is 62.4 Å². The molecule has 2 aromatic rings. The standard InChI is InChI=1S/C21H28N2O3S/c1-17-12-13-18(2)20(15-17)23(27(4,25)26)14-8-11-21(24)22(3)16-19-9-6-5-7-10-19/h5-7,9-10,12-13,15H,8,11,14,16H2,1-4H3. The molecule has 0 aliphatic rings. The fourth-order valence-electron chi connectivity index (χ4n) is 2.96. The molecule has 1 amide bonds. The number of hydrogen-bond donors (Lipinski definition) is 0. The van der Waals surface area contributed by atoms with Gasteiger partial charge in [-0.2, -0.15) is 0 Å². The second-order valence-electron chi connectivity index (χ2n) is 6.96. The van der Waals surface area contributed by atoms with Crippen molar-refractivity contribution in [1.29, 1.82) is 0 Å². The predicted molar refractivity (Wildman–Crippen MR) is 110 cm³/mol. The van der Waals surface area contributed by atoms with Gasteiger partial charge in [-0.05, 0) is 43.0 Å². The lowest BCUT2D eigenvalue weighted by Gasteiger charge is -2.25. The predicted octanol–water partition coefficient (Wildman–Crippen LogP) is 3.51. The fourth-order valence-corrected chi connectivity index (χ4v) is 3.98. The molecule has 6 heteroatoms. The minimum Gasteiger partial charge on any atom is -0.341 e. The molecule has 0 saturated carbocycles. The van der Waals surface area contributed by atoms with Gasteiger partial charge < -0.3 is 4.90 Å². The number of carbonyl (C=O) groups excluding carboxylic acids is 1. The highest BCUT2D eigenvalue weighted by Gasteiger charge is 2.20. The van der Waals surface area contributed by atoms with Crippen molar-refractivity contribution >= 4 is 21.6 Å². The zero-order chi connectivity index (χ0) is 20.0. The van der Waals surface area contributed by atoms with E-state index in [1.165, 1.54) is 10.6 Å². The highest BCUT2D eigenvalue weighted by atomic mass is 32.2. The number of carbonyl (C=O) groups is 1. The Morgan fingerprint density at radius 3 is 2.33 bits per heavy atom. The van der Waals surface area contributed by atoms with Crippen LogP contribution in [0.1, 0.15) is 29.5 Å². The van der Waals surface area contributed by atoms with Crippen LogP contribution in [-0.4, -0.2) is 39.1 Å². The first-order valence-electron chi connectivity index (χ1n) is 9.01. The molecule has 0 spiro atoms. The van der Waals surface area contributed by atoms with Crippen molar-refractivity contribution in [3.05, 3.63) is 65.2 Å². The van der Waals surface area contributed by atoms with Gasteiger partial charge in [0.25, 0.3) is 0 Å². The van der Waals surface area contributed by atoms with E-state index in [9.17, 15) is 13.2 Å². The van der Waals surface area contributed by atoms with E-state index in [0.717, 1.165) is 16.7 Å². The minimum atomic E-state index is -3.42. The molecule has 0 aliphatic heterocycles. The number of rotatable bonds is 8. The van der Waals surface area contributed by atoms with Crippen LogP contribution in [0.5, 0.6) is 0 Å². The molecule has 0 unspecified atom stereocenters. The molecule has 0 fully saturated rings. The Bertz CT molecular complexity index is 880. The average Bonchev–Trinajstić information content (AvgIpc) is 2.60. The Morgan fingerprint density at radius 1 is 1.04 bits per heavy atom. The maximum atomic E-state index is 12.4. The Labute approximate surface area is 162 Å². The Morgan fingerprint density at radius 2 is 1.70 bits per heavy atom.